The topological polar surface area (TPSA) is 77.6 Å². The van der Waals surface area contributed by atoms with Crippen molar-refractivity contribution in [2.24, 2.45) is 0 Å². The molecule has 2 N–H and O–H groups in total. The highest BCUT2D eigenvalue weighted by molar-refractivity contribution is 8.00. The number of aromatic nitrogens is 4. The first-order valence-electron chi connectivity index (χ1n) is 4.23. The highest BCUT2D eigenvalue weighted by Crippen LogP contribution is 2.27. The number of hydrogen-bond acceptors (Lipinski definition) is 7. The maximum atomic E-state index is 5.55. The van der Waals surface area contributed by atoms with Gasteiger partial charge in [0.2, 0.25) is 5.95 Å². The first-order valence-corrected chi connectivity index (χ1v) is 5.82. The van der Waals surface area contributed by atoms with E-state index in [2.05, 4.69) is 19.3 Å². The van der Waals surface area contributed by atoms with Crippen LogP contribution in [0.4, 0.5) is 5.95 Å². The second-order valence-corrected chi connectivity index (χ2v) is 4.93. The lowest BCUT2D eigenvalue weighted by atomic mass is 10.5. The second-order valence-electron chi connectivity index (χ2n) is 2.92. The van der Waals surface area contributed by atoms with Gasteiger partial charge in [-0.25, -0.2) is 15.0 Å². The van der Waals surface area contributed by atoms with Crippen LogP contribution in [0.5, 0.6) is 0 Å². The Kier molecular flexibility index (Phi) is 2.83. The zero-order chi connectivity index (χ0) is 10.8. The molecular formula is C8H9N5S2. The van der Waals surface area contributed by atoms with E-state index >= 15 is 0 Å². The van der Waals surface area contributed by atoms with Crippen molar-refractivity contribution in [2.45, 2.75) is 23.2 Å². The molecule has 78 valence electrons. The molecule has 0 atom stereocenters. The summed E-state index contributed by atoms with van der Waals surface area (Å²) in [4.78, 5) is 12.3. The molecule has 0 aromatic carbocycles. The molecule has 5 nitrogen and oxygen atoms in total. The van der Waals surface area contributed by atoms with Gasteiger partial charge in [-0.15, -0.1) is 0 Å². The van der Waals surface area contributed by atoms with Crippen LogP contribution in [-0.2, 0) is 0 Å². The summed E-state index contributed by atoms with van der Waals surface area (Å²) in [5, 5.41) is 0.802. The summed E-state index contributed by atoms with van der Waals surface area (Å²) in [6.07, 6.45) is 0. The molecule has 0 aliphatic heterocycles. The van der Waals surface area contributed by atoms with Gasteiger partial charge in [-0.2, -0.15) is 4.37 Å². The van der Waals surface area contributed by atoms with Crippen molar-refractivity contribution in [1.29, 1.82) is 0 Å². The molecule has 0 unspecified atom stereocenters. The van der Waals surface area contributed by atoms with Crippen LogP contribution < -0.4 is 5.73 Å². The molecule has 0 saturated carbocycles. The number of nitrogen functional groups attached to an aromatic ring is 1. The van der Waals surface area contributed by atoms with Crippen LogP contribution in [0.3, 0.4) is 0 Å². The van der Waals surface area contributed by atoms with Gasteiger partial charge in [0.15, 0.2) is 4.34 Å². The summed E-state index contributed by atoms with van der Waals surface area (Å²) >= 11 is 2.81. The fraction of sp³-hybridized carbons (Fsp3) is 0.250. The van der Waals surface area contributed by atoms with Crippen LogP contribution in [0.2, 0.25) is 0 Å². The third-order valence-electron chi connectivity index (χ3n) is 1.55. The molecule has 2 aromatic heterocycles. The van der Waals surface area contributed by atoms with E-state index in [1.54, 1.807) is 0 Å². The van der Waals surface area contributed by atoms with E-state index in [4.69, 9.17) is 5.73 Å². The summed E-state index contributed by atoms with van der Waals surface area (Å²) in [6, 6.07) is 1.87. The Morgan fingerprint density at radius 2 is 2.07 bits per heavy atom. The van der Waals surface area contributed by atoms with Gasteiger partial charge in [0, 0.05) is 5.69 Å². The lowest BCUT2D eigenvalue weighted by Gasteiger charge is -1.99. The molecule has 2 heterocycles. The highest BCUT2D eigenvalue weighted by Gasteiger charge is 2.05. The van der Waals surface area contributed by atoms with Gasteiger partial charge < -0.3 is 5.73 Å². The van der Waals surface area contributed by atoms with E-state index in [-0.39, 0.29) is 0 Å². The zero-order valence-corrected chi connectivity index (χ0v) is 9.89. The third kappa shape index (κ3) is 2.63. The molecule has 0 fully saturated rings. The normalized spacial score (nSPS) is 10.5. The van der Waals surface area contributed by atoms with Crippen LogP contribution >= 0.6 is 23.3 Å². The predicted molar refractivity (Wildman–Crippen MR) is 60.0 cm³/mol. The van der Waals surface area contributed by atoms with E-state index in [0.29, 0.717) is 5.95 Å². The Hall–Kier alpha value is -1.21. The summed E-state index contributed by atoms with van der Waals surface area (Å²) in [5.41, 5.74) is 6.40. The Balaban J connectivity index is 2.24. The van der Waals surface area contributed by atoms with Crippen molar-refractivity contribution in [2.75, 3.05) is 5.73 Å². The lowest BCUT2D eigenvalue weighted by Crippen LogP contribution is -1.97. The molecule has 0 saturated heterocycles. The molecule has 0 aliphatic rings. The summed E-state index contributed by atoms with van der Waals surface area (Å²) < 4.78 is 4.96. The minimum Gasteiger partial charge on any atom is -0.368 e. The van der Waals surface area contributed by atoms with Crippen molar-refractivity contribution in [3.8, 4) is 0 Å². The quantitative estimate of drug-likeness (QED) is 0.803. The number of nitrogens with two attached hydrogens (primary N) is 1. The standard InChI is InChI=1S/C8H9N5S2/c1-4-3-6(12-7(9)10-4)14-8-11-5(2)13-15-8/h3H,1-2H3,(H2,9,10,12). The summed E-state index contributed by atoms with van der Waals surface area (Å²) in [7, 11) is 0. The molecule has 2 rings (SSSR count). The largest absolute Gasteiger partial charge is 0.368 e. The Morgan fingerprint density at radius 1 is 1.27 bits per heavy atom. The van der Waals surface area contributed by atoms with Crippen LogP contribution in [-0.4, -0.2) is 19.3 Å². The van der Waals surface area contributed by atoms with Gasteiger partial charge in [0.05, 0.1) is 0 Å². The fourth-order valence-electron chi connectivity index (χ4n) is 1.02. The minimum absolute atomic E-state index is 0.290. The molecule has 2 aromatic rings. The number of rotatable bonds is 2. The van der Waals surface area contributed by atoms with E-state index < -0.39 is 0 Å². The zero-order valence-electron chi connectivity index (χ0n) is 8.26. The molecule has 0 radical (unpaired) electrons. The smallest absolute Gasteiger partial charge is 0.221 e. The number of aryl methyl sites for hydroxylation is 2. The van der Waals surface area contributed by atoms with Crippen molar-refractivity contribution in [3.05, 3.63) is 17.6 Å². The molecule has 0 aliphatic carbocycles. The Morgan fingerprint density at radius 3 is 2.67 bits per heavy atom. The van der Waals surface area contributed by atoms with Crippen LogP contribution in [0.15, 0.2) is 15.4 Å². The third-order valence-corrected chi connectivity index (χ3v) is 3.31. The lowest BCUT2D eigenvalue weighted by molar-refractivity contribution is 1.02. The average Bonchev–Trinajstić information content (AvgIpc) is 2.49. The molecule has 7 heteroatoms. The average molecular weight is 239 g/mol. The van der Waals surface area contributed by atoms with Crippen molar-refractivity contribution >= 4 is 29.2 Å². The van der Waals surface area contributed by atoms with Gasteiger partial charge in [0.25, 0.3) is 0 Å². The molecular weight excluding hydrogens is 230 g/mol. The van der Waals surface area contributed by atoms with Crippen molar-refractivity contribution in [3.63, 3.8) is 0 Å². The van der Waals surface area contributed by atoms with E-state index in [9.17, 15) is 0 Å². The molecule has 0 bridgehead atoms. The number of nitrogens with zero attached hydrogens (tertiary/aromatic N) is 4. The summed E-state index contributed by atoms with van der Waals surface area (Å²) in [6.45, 7) is 3.74. The van der Waals surface area contributed by atoms with Crippen molar-refractivity contribution < 1.29 is 0 Å². The van der Waals surface area contributed by atoms with Crippen molar-refractivity contribution in [1.82, 2.24) is 19.3 Å². The highest BCUT2D eigenvalue weighted by atomic mass is 32.2. The number of anilines is 1. The SMILES string of the molecule is Cc1cc(Sc2nc(C)ns2)nc(N)n1. The molecule has 0 spiro atoms. The Bertz CT molecular complexity index is 461. The number of hydrogen-bond donors (Lipinski definition) is 1. The maximum Gasteiger partial charge on any atom is 0.221 e. The van der Waals surface area contributed by atoms with Gasteiger partial charge in [-0.3, -0.25) is 0 Å². The summed E-state index contributed by atoms with van der Waals surface area (Å²) in [5.74, 6) is 1.07. The van der Waals surface area contributed by atoms with Gasteiger partial charge in [-0.1, -0.05) is 0 Å². The van der Waals surface area contributed by atoms with E-state index in [1.165, 1.54) is 23.3 Å². The van der Waals surface area contributed by atoms with Gasteiger partial charge in [-0.05, 0) is 43.2 Å². The predicted octanol–water partition coefficient (Wildman–Crippen LogP) is 1.68. The first-order chi connectivity index (χ1) is 7.13. The van der Waals surface area contributed by atoms with Crippen LogP contribution in [0, 0.1) is 13.8 Å². The van der Waals surface area contributed by atoms with Gasteiger partial charge >= 0.3 is 0 Å². The Labute approximate surface area is 95.3 Å². The second kappa shape index (κ2) is 4.11. The van der Waals surface area contributed by atoms with E-state index in [0.717, 1.165) is 20.9 Å². The van der Waals surface area contributed by atoms with Gasteiger partial charge in [0.1, 0.15) is 10.9 Å². The minimum atomic E-state index is 0.290. The van der Waals surface area contributed by atoms with E-state index in [1.807, 2.05) is 19.9 Å². The van der Waals surface area contributed by atoms with Crippen LogP contribution in [0.25, 0.3) is 0 Å². The monoisotopic (exact) mass is 239 g/mol. The molecule has 15 heavy (non-hydrogen) atoms. The molecule has 0 amide bonds. The first kappa shape index (κ1) is 10.3. The van der Waals surface area contributed by atoms with Crippen LogP contribution in [0.1, 0.15) is 11.5 Å². The fourth-order valence-corrected chi connectivity index (χ4v) is 2.69. The maximum absolute atomic E-state index is 5.55.